The Labute approximate surface area is 76.1 Å². The summed E-state index contributed by atoms with van der Waals surface area (Å²) in [7, 11) is 1.54. The Bertz CT molecular complexity index is 224. The van der Waals surface area contributed by atoms with Gasteiger partial charge in [0.05, 0.1) is 13.2 Å². The largest absolute Gasteiger partial charge is 0.496 e. The topological polar surface area (TPSA) is 35.5 Å². The molecule has 0 bridgehead atoms. The van der Waals surface area contributed by atoms with Gasteiger partial charge >= 0.3 is 5.97 Å². The Kier molecular flexibility index (Phi) is 2.67. The highest BCUT2D eigenvalue weighted by Gasteiger charge is 2.40. The number of rotatable bonds is 3. The van der Waals surface area contributed by atoms with Gasteiger partial charge in [-0.2, -0.15) is 0 Å². The van der Waals surface area contributed by atoms with Crippen molar-refractivity contribution in [1.29, 1.82) is 0 Å². The lowest BCUT2D eigenvalue weighted by atomic mass is 10.3. The van der Waals surface area contributed by atoms with Gasteiger partial charge in [0, 0.05) is 0 Å². The predicted octanol–water partition coefficient (Wildman–Crippen LogP) is 1.54. The number of methoxy groups -OCH3 is 1. The molecule has 1 heterocycles. The van der Waals surface area contributed by atoms with E-state index in [4.69, 9.17) is 9.47 Å². The summed E-state index contributed by atoms with van der Waals surface area (Å²) in [5, 5.41) is 0. The van der Waals surface area contributed by atoms with Crippen molar-refractivity contribution in [3.8, 4) is 0 Å². The van der Waals surface area contributed by atoms with E-state index >= 15 is 0 Å². The normalized spacial score (nSPS) is 28.2. The molecule has 68 valence electrons. The number of ether oxygens (including phenoxy) is 2. The van der Waals surface area contributed by atoms with Gasteiger partial charge < -0.3 is 9.47 Å². The van der Waals surface area contributed by atoms with E-state index in [1.807, 2.05) is 13.8 Å². The first-order valence-electron chi connectivity index (χ1n) is 3.75. The summed E-state index contributed by atoms with van der Waals surface area (Å²) in [5.41, 5.74) is 0. The average Bonchev–Trinajstić information content (AvgIpc) is 2.26. The quantitative estimate of drug-likeness (QED) is 0.629. The van der Waals surface area contributed by atoms with Crippen LogP contribution in [-0.4, -0.2) is 23.8 Å². The fourth-order valence-electron chi connectivity index (χ4n) is 1.13. The van der Waals surface area contributed by atoms with Gasteiger partial charge in [-0.15, -0.1) is 11.8 Å². The number of hydrogen-bond acceptors (Lipinski definition) is 4. The maximum atomic E-state index is 10.9. The molecule has 4 heteroatoms. The van der Waals surface area contributed by atoms with Crippen molar-refractivity contribution >= 4 is 17.7 Å². The SMILES string of the molecule is CCSC1(C)OC(=O)C=C1OC. The minimum atomic E-state index is -0.611. The van der Waals surface area contributed by atoms with Crippen molar-refractivity contribution in [3.63, 3.8) is 0 Å². The van der Waals surface area contributed by atoms with Crippen molar-refractivity contribution in [1.82, 2.24) is 0 Å². The lowest BCUT2D eigenvalue weighted by Crippen LogP contribution is -2.24. The van der Waals surface area contributed by atoms with Gasteiger partial charge in [-0.3, -0.25) is 0 Å². The predicted molar refractivity (Wildman–Crippen MR) is 47.7 cm³/mol. The van der Waals surface area contributed by atoms with E-state index in [2.05, 4.69) is 0 Å². The maximum absolute atomic E-state index is 10.9. The lowest BCUT2D eigenvalue weighted by molar-refractivity contribution is -0.140. The van der Waals surface area contributed by atoms with Crippen LogP contribution in [0.4, 0.5) is 0 Å². The van der Waals surface area contributed by atoms with Gasteiger partial charge in [0.15, 0.2) is 5.76 Å². The summed E-state index contributed by atoms with van der Waals surface area (Å²) in [5.74, 6) is 1.15. The van der Waals surface area contributed by atoms with Crippen molar-refractivity contribution in [2.45, 2.75) is 18.8 Å². The van der Waals surface area contributed by atoms with E-state index in [9.17, 15) is 4.79 Å². The number of thioether (sulfide) groups is 1. The molecule has 3 nitrogen and oxygen atoms in total. The third-order valence-corrected chi connectivity index (χ3v) is 2.76. The van der Waals surface area contributed by atoms with Crippen LogP contribution in [0.3, 0.4) is 0 Å². The van der Waals surface area contributed by atoms with Crippen LogP contribution in [0.1, 0.15) is 13.8 Å². The molecule has 0 N–H and O–H groups in total. The molecule has 0 aromatic rings. The minimum absolute atomic E-state index is 0.324. The Balaban J connectivity index is 2.79. The second-order valence-corrected chi connectivity index (χ2v) is 4.16. The average molecular weight is 188 g/mol. The number of esters is 1. The summed E-state index contributed by atoms with van der Waals surface area (Å²) >= 11 is 1.54. The molecule has 1 aliphatic rings. The second-order valence-electron chi connectivity index (χ2n) is 2.51. The van der Waals surface area contributed by atoms with Gasteiger partial charge in [0.1, 0.15) is 0 Å². The Morgan fingerprint density at radius 1 is 1.75 bits per heavy atom. The number of carbonyl (C=O) groups is 1. The fraction of sp³-hybridized carbons (Fsp3) is 0.625. The first-order valence-corrected chi connectivity index (χ1v) is 4.74. The van der Waals surface area contributed by atoms with Crippen LogP contribution in [-0.2, 0) is 14.3 Å². The highest BCUT2D eigenvalue weighted by molar-refractivity contribution is 8.00. The molecule has 0 aliphatic carbocycles. The van der Waals surface area contributed by atoms with Crippen LogP contribution in [0.2, 0.25) is 0 Å². The molecular formula is C8H12O3S. The zero-order valence-electron chi connectivity index (χ0n) is 7.42. The van der Waals surface area contributed by atoms with Crippen LogP contribution < -0.4 is 0 Å². The molecule has 1 atom stereocenters. The molecule has 1 rings (SSSR count). The molecule has 1 aliphatic heterocycles. The molecule has 0 saturated heterocycles. The summed E-state index contributed by atoms with van der Waals surface area (Å²) in [6.45, 7) is 3.84. The fourth-order valence-corrected chi connectivity index (χ4v) is 2.11. The smallest absolute Gasteiger partial charge is 0.336 e. The van der Waals surface area contributed by atoms with E-state index in [0.717, 1.165) is 5.75 Å². The molecule has 0 saturated carbocycles. The molecule has 0 amide bonds. The third-order valence-electron chi connectivity index (χ3n) is 1.63. The van der Waals surface area contributed by atoms with E-state index in [1.54, 1.807) is 18.9 Å². The first kappa shape index (κ1) is 9.45. The van der Waals surface area contributed by atoms with Crippen LogP contribution in [0, 0.1) is 0 Å². The van der Waals surface area contributed by atoms with Crippen molar-refractivity contribution in [2.75, 3.05) is 12.9 Å². The molecule has 1 unspecified atom stereocenters. The third kappa shape index (κ3) is 1.58. The molecule has 0 fully saturated rings. The Morgan fingerprint density at radius 2 is 2.42 bits per heavy atom. The summed E-state index contributed by atoms with van der Waals surface area (Å²) in [6.07, 6.45) is 1.39. The lowest BCUT2D eigenvalue weighted by Gasteiger charge is -2.23. The van der Waals surface area contributed by atoms with Gasteiger partial charge in [0.25, 0.3) is 0 Å². The van der Waals surface area contributed by atoms with Crippen molar-refractivity contribution in [2.24, 2.45) is 0 Å². The van der Waals surface area contributed by atoms with E-state index in [-0.39, 0.29) is 5.97 Å². The molecular weight excluding hydrogens is 176 g/mol. The molecule has 12 heavy (non-hydrogen) atoms. The summed E-state index contributed by atoms with van der Waals surface area (Å²) in [6, 6.07) is 0. The van der Waals surface area contributed by atoms with E-state index in [1.165, 1.54) is 6.08 Å². The Morgan fingerprint density at radius 3 is 2.92 bits per heavy atom. The van der Waals surface area contributed by atoms with Crippen LogP contribution in [0.15, 0.2) is 11.8 Å². The Hall–Kier alpha value is -0.640. The molecule has 0 spiro atoms. The summed E-state index contributed by atoms with van der Waals surface area (Å²) < 4.78 is 10.1. The number of hydrogen-bond donors (Lipinski definition) is 0. The minimum Gasteiger partial charge on any atom is -0.496 e. The monoisotopic (exact) mass is 188 g/mol. The molecule has 0 aromatic carbocycles. The van der Waals surface area contributed by atoms with Crippen LogP contribution in [0.25, 0.3) is 0 Å². The maximum Gasteiger partial charge on any atom is 0.336 e. The highest BCUT2D eigenvalue weighted by atomic mass is 32.2. The standard InChI is InChI=1S/C8H12O3S/c1-4-12-8(2)6(10-3)5-7(9)11-8/h5H,4H2,1-3H3. The van der Waals surface area contributed by atoms with Crippen molar-refractivity contribution < 1.29 is 14.3 Å². The number of carbonyl (C=O) groups excluding carboxylic acids is 1. The van der Waals surface area contributed by atoms with Gasteiger partial charge in [0.2, 0.25) is 4.93 Å². The highest BCUT2D eigenvalue weighted by Crippen LogP contribution is 2.38. The first-order chi connectivity index (χ1) is 5.62. The van der Waals surface area contributed by atoms with Crippen molar-refractivity contribution in [3.05, 3.63) is 11.8 Å². The van der Waals surface area contributed by atoms with Gasteiger partial charge in [-0.05, 0) is 12.7 Å². The zero-order valence-corrected chi connectivity index (χ0v) is 8.23. The summed E-state index contributed by atoms with van der Waals surface area (Å²) in [4.78, 5) is 10.3. The van der Waals surface area contributed by atoms with E-state index < -0.39 is 4.93 Å². The van der Waals surface area contributed by atoms with Gasteiger partial charge in [-0.25, -0.2) is 4.79 Å². The van der Waals surface area contributed by atoms with Crippen LogP contribution >= 0.6 is 11.8 Å². The van der Waals surface area contributed by atoms with Gasteiger partial charge in [-0.1, -0.05) is 6.92 Å². The van der Waals surface area contributed by atoms with Crippen LogP contribution in [0.5, 0.6) is 0 Å². The zero-order chi connectivity index (χ0) is 9.19. The second kappa shape index (κ2) is 3.39. The molecule has 0 aromatic heterocycles. The molecule has 0 radical (unpaired) electrons. The number of cyclic esters (lactones) is 1. The van der Waals surface area contributed by atoms with E-state index in [0.29, 0.717) is 5.76 Å².